The summed E-state index contributed by atoms with van der Waals surface area (Å²) < 4.78 is 5.51. The lowest BCUT2D eigenvalue weighted by atomic mass is 9.80. The van der Waals surface area contributed by atoms with E-state index in [0.29, 0.717) is 5.41 Å². The summed E-state index contributed by atoms with van der Waals surface area (Å²) in [6, 6.07) is 0. The lowest BCUT2D eigenvalue weighted by Gasteiger charge is -2.34. The van der Waals surface area contributed by atoms with E-state index in [4.69, 9.17) is 4.74 Å². The monoisotopic (exact) mass is 274 g/mol. The molecule has 0 aromatic carbocycles. The van der Waals surface area contributed by atoms with Crippen LogP contribution in [0.2, 0.25) is 0 Å². The van der Waals surface area contributed by atoms with Crippen LogP contribution in [0.15, 0.2) is 0 Å². The number of ether oxygens (including phenoxy) is 1. The van der Waals surface area contributed by atoms with Crippen molar-refractivity contribution in [2.45, 2.75) is 32.1 Å². The second-order valence-electron chi connectivity index (χ2n) is 6.29. The summed E-state index contributed by atoms with van der Waals surface area (Å²) in [5.41, 5.74) is 0.630. The Morgan fingerprint density at radius 3 is 2.56 bits per heavy atom. The van der Waals surface area contributed by atoms with E-state index in [1.807, 2.05) is 0 Å². The third-order valence-corrected chi connectivity index (χ3v) is 5.05. The van der Waals surface area contributed by atoms with Crippen LogP contribution in [0, 0.1) is 11.3 Å². The molecule has 0 aromatic rings. The highest BCUT2D eigenvalue weighted by atomic mass is 35.5. The van der Waals surface area contributed by atoms with Gasteiger partial charge in [-0.3, -0.25) is 0 Å². The maximum atomic E-state index is 5.51. The van der Waals surface area contributed by atoms with Crippen LogP contribution in [-0.2, 0) is 4.74 Å². The van der Waals surface area contributed by atoms with Crippen molar-refractivity contribution >= 4 is 12.4 Å². The lowest BCUT2D eigenvalue weighted by Crippen LogP contribution is -2.37. The van der Waals surface area contributed by atoms with Gasteiger partial charge < -0.3 is 15.0 Å². The zero-order valence-electron chi connectivity index (χ0n) is 11.3. The predicted molar refractivity (Wildman–Crippen MR) is 76.4 cm³/mol. The molecule has 3 fully saturated rings. The largest absolute Gasteiger partial charge is 0.381 e. The Balaban J connectivity index is 0.00000120. The van der Waals surface area contributed by atoms with Gasteiger partial charge in [0.15, 0.2) is 0 Å². The van der Waals surface area contributed by atoms with E-state index < -0.39 is 0 Å². The first kappa shape index (κ1) is 14.6. The van der Waals surface area contributed by atoms with E-state index in [9.17, 15) is 0 Å². The van der Waals surface area contributed by atoms with Crippen LogP contribution in [0.1, 0.15) is 32.1 Å². The van der Waals surface area contributed by atoms with Gasteiger partial charge >= 0.3 is 0 Å². The zero-order chi connectivity index (χ0) is 11.6. The molecule has 3 aliphatic heterocycles. The summed E-state index contributed by atoms with van der Waals surface area (Å²) in [6.07, 6.45) is 6.78. The van der Waals surface area contributed by atoms with Gasteiger partial charge in [-0.25, -0.2) is 0 Å². The van der Waals surface area contributed by atoms with E-state index in [-0.39, 0.29) is 12.4 Å². The molecule has 0 bridgehead atoms. The van der Waals surface area contributed by atoms with Gasteiger partial charge in [0.2, 0.25) is 0 Å². The summed E-state index contributed by atoms with van der Waals surface area (Å²) in [7, 11) is 0. The number of likely N-dealkylation sites (tertiary alicyclic amines) is 1. The molecule has 1 spiro atoms. The highest BCUT2D eigenvalue weighted by Crippen LogP contribution is 2.40. The van der Waals surface area contributed by atoms with Crippen LogP contribution in [0.25, 0.3) is 0 Å². The van der Waals surface area contributed by atoms with Gasteiger partial charge in [0, 0.05) is 26.3 Å². The van der Waals surface area contributed by atoms with Crippen molar-refractivity contribution in [3.8, 4) is 0 Å². The van der Waals surface area contributed by atoms with Gasteiger partial charge in [0.25, 0.3) is 0 Å². The molecule has 106 valence electrons. The molecule has 3 nitrogen and oxygen atoms in total. The number of piperidine rings is 1. The Labute approximate surface area is 117 Å². The molecule has 0 amide bonds. The Bertz CT molecular complexity index is 250. The Morgan fingerprint density at radius 2 is 1.83 bits per heavy atom. The number of hydrogen-bond donors (Lipinski definition) is 1. The molecular formula is C14H27ClN2O. The molecule has 3 rings (SSSR count). The fraction of sp³-hybridized carbons (Fsp3) is 1.00. The SMILES string of the molecule is C1CC(CN2CCC3(CCOCC3)C2)CCN1.Cl. The fourth-order valence-electron chi connectivity index (χ4n) is 3.83. The lowest BCUT2D eigenvalue weighted by molar-refractivity contribution is 0.0185. The van der Waals surface area contributed by atoms with Gasteiger partial charge in [-0.2, -0.15) is 0 Å². The first-order chi connectivity index (χ1) is 8.36. The van der Waals surface area contributed by atoms with Crippen LogP contribution in [0.4, 0.5) is 0 Å². The minimum absolute atomic E-state index is 0. The predicted octanol–water partition coefficient (Wildman–Crippen LogP) is 1.91. The van der Waals surface area contributed by atoms with Crippen LogP contribution in [0.5, 0.6) is 0 Å². The number of nitrogens with one attached hydrogen (secondary N) is 1. The van der Waals surface area contributed by atoms with Crippen LogP contribution in [-0.4, -0.2) is 50.8 Å². The van der Waals surface area contributed by atoms with Crippen molar-refractivity contribution in [1.82, 2.24) is 10.2 Å². The summed E-state index contributed by atoms with van der Waals surface area (Å²) in [6.45, 7) is 8.51. The number of rotatable bonds is 2. The third-order valence-electron chi connectivity index (χ3n) is 5.05. The Morgan fingerprint density at radius 1 is 1.11 bits per heavy atom. The first-order valence-electron chi connectivity index (χ1n) is 7.37. The van der Waals surface area contributed by atoms with Crippen molar-refractivity contribution in [1.29, 1.82) is 0 Å². The molecule has 18 heavy (non-hydrogen) atoms. The standard InChI is InChI=1S/C14H26N2O.ClH/c1-6-15-7-2-13(1)11-16-8-3-14(12-16)4-9-17-10-5-14;/h13,15H,1-12H2;1H. The average Bonchev–Trinajstić information content (AvgIpc) is 2.74. The van der Waals surface area contributed by atoms with Gasteiger partial charge in [0.1, 0.15) is 0 Å². The second kappa shape index (κ2) is 6.56. The summed E-state index contributed by atoms with van der Waals surface area (Å²) in [5, 5.41) is 3.46. The molecule has 0 saturated carbocycles. The quantitative estimate of drug-likeness (QED) is 0.833. The van der Waals surface area contributed by atoms with Gasteiger partial charge in [-0.1, -0.05) is 0 Å². The van der Waals surface area contributed by atoms with Crippen molar-refractivity contribution in [3.63, 3.8) is 0 Å². The normalized spacial score (nSPS) is 29.3. The maximum absolute atomic E-state index is 5.51. The van der Waals surface area contributed by atoms with Gasteiger partial charge in [-0.15, -0.1) is 12.4 Å². The Kier molecular flexibility index (Phi) is 5.31. The molecule has 0 radical (unpaired) electrons. The van der Waals surface area contributed by atoms with E-state index in [0.717, 1.165) is 19.1 Å². The molecule has 1 N–H and O–H groups in total. The molecule has 4 heteroatoms. The minimum Gasteiger partial charge on any atom is -0.381 e. The summed E-state index contributed by atoms with van der Waals surface area (Å²) >= 11 is 0. The molecule has 0 aliphatic carbocycles. The number of halogens is 1. The van der Waals surface area contributed by atoms with E-state index in [1.165, 1.54) is 64.8 Å². The van der Waals surface area contributed by atoms with Crippen molar-refractivity contribution in [2.75, 3.05) is 45.9 Å². The van der Waals surface area contributed by atoms with E-state index >= 15 is 0 Å². The van der Waals surface area contributed by atoms with Crippen molar-refractivity contribution < 1.29 is 4.74 Å². The summed E-state index contributed by atoms with van der Waals surface area (Å²) in [5.74, 6) is 0.950. The molecule has 3 aliphatic rings. The molecule has 0 unspecified atom stereocenters. The van der Waals surface area contributed by atoms with E-state index in [1.54, 1.807) is 0 Å². The maximum Gasteiger partial charge on any atom is 0.0471 e. The second-order valence-corrected chi connectivity index (χ2v) is 6.29. The average molecular weight is 275 g/mol. The van der Waals surface area contributed by atoms with Crippen LogP contribution in [0.3, 0.4) is 0 Å². The fourth-order valence-corrected chi connectivity index (χ4v) is 3.83. The minimum atomic E-state index is 0. The molecule has 0 atom stereocenters. The zero-order valence-corrected chi connectivity index (χ0v) is 12.1. The van der Waals surface area contributed by atoms with E-state index in [2.05, 4.69) is 10.2 Å². The van der Waals surface area contributed by atoms with Crippen LogP contribution >= 0.6 is 12.4 Å². The highest BCUT2D eigenvalue weighted by Gasteiger charge is 2.39. The molecular weight excluding hydrogens is 248 g/mol. The van der Waals surface area contributed by atoms with Crippen molar-refractivity contribution in [3.05, 3.63) is 0 Å². The van der Waals surface area contributed by atoms with Gasteiger partial charge in [0.05, 0.1) is 0 Å². The van der Waals surface area contributed by atoms with Gasteiger partial charge in [-0.05, 0) is 63.1 Å². The molecule has 0 aromatic heterocycles. The number of nitrogens with zero attached hydrogens (tertiary/aromatic N) is 1. The topological polar surface area (TPSA) is 24.5 Å². The Hall–Kier alpha value is 0.170. The molecule has 3 heterocycles. The smallest absolute Gasteiger partial charge is 0.0471 e. The third kappa shape index (κ3) is 3.38. The highest BCUT2D eigenvalue weighted by molar-refractivity contribution is 5.85. The molecule has 3 saturated heterocycles. The summed E-state index contributed by atoms with van der Waals surface area (Å²) in [4.78, 5) is 2.74. The number of hydrogen-bond acceptors (Lipinski definition) is 3. The first-order valence-corrected chi connectivity index (χ1v) is 7.37. The van der Waals surface area contributed by atoms with Crippen LogP contribution < -0.4 is 5.32 Å². The van der Waals surface area contributed by atoms with Crippen molar-refractivity contribution in [2.24, 2.45) is 11.3 Å².